The molecule has 1 N–H and O–H groups in total. The van der Waals surface area contributed by atoms with E-state index in [1.54, 1.807) is 43.3 Å². The Balaban J connectivity index is 2.25. The number of carboxylic acid groups (broad SMARTS) is 1. The van der Waals surface area contributed by atoms with E-state index < -0.39 is 12.1 Å². The van der Waals surface area contributed by atoms with E-state index in [0.717, 1.165) is 5.56 Å². The Morgan fingerprint density at radius 1 is 1.17 bits per heavy atom. The highest BCUT2D eigenvalue weighted by molar-refractivity contribution is 6.33. The molecule has 0 radical (unpaired) electrons. The first kappa shape index (κ1) is 20.7. The van der Waals surface area contributed by atoms with Crippen molar-refractivity contribution < 1.29 is 14.6 Å². The number of nitriles is 1. The molecular weight excluding hydrogens is 411 g/mol. The summed E-state index contributed by atoms with van der Waals surface area (Å²) in [4.78, 5) is 15.9. The minimum Gasteiger partial charge on any atom is -0.479 e. The summed E-state index contributed by atoms with van der Waals surface area (Å²) in [6, 6.07) is 17.9. The van der Waals surface area contributed by atoms with Crippen LogP contribution in [0.25, 0.3) is 22.4 Å². The monoisotopic (exact) mass is 426 g/mol. The van der Waals surface area contributed by atoms with Crippen LogP contribution in [0.5, 0.6) is 5.88 Å². The van der Waals surface area contributed by atoms with Crippen molar-refractivity contribution in [1.82, 2.24) is 4.98 Å². The second kappa shape index (κ2) is 8.95. The van der Waals surface area contributed by atoms with Crippen LogP contribution in [-0.4, -0.2) is 22.2 Å². The molecular formula is C22H16Cl2N2O3. The zero-order chi connectivity index (χ0) is 21.0. The van der Waals surface area contributed by atoms with Crippen molar-refractivity contribution in [2.24, 2.45) is 0 Å². The number of carbonyl (C=O) groups is 1. The summed E-state index contributed by atoms with van der Waals surface area (Å²) in [7, 11) is 0. The van der Waals surface area contributed by atoms with Crippen LogP contribution < -0.4 is 4.74 Å². The SMILES string of the molecule is CCC(Oc1nc(-c2ccccc2Cl)c(-c2ccc(Cl)cc2)cc1C#N)C(=O)O. The minimum atomic E-state index is -1.13. The van der Waals surface area contributed by atoms with Crippen molar-refractivity contribution >= 4 is 29.2 Å². The summed E-state index contributed by atoms with van der Waals surface area (Å²) in [5, 5.41) is 20.0. The predicted octanol–water partition coefficient (Wildman–Crippen LogP) is 5.84. The molecule has 1 heterocycles. The summed E-state index contributed by atoms with van der Waals surface area (Å²) in [6.45, 7) is 1.68. The third kappa shape index (κ3) is 4.51. The average Bonchev–Trinajstić information content (AvgIpc) is 2.72. The molecule has 146 valence electrons. The van der Waals surface area contributed by atoms with Crippen molar-refractivity contribution in [2.45, 2.75) is 19.4 Å². The fraction of sp³-hybridized carbons (Fsp3) is 0.136. The van der Waals surface area contributed by atoms with Gasteiger partial charge in [0.2, 0.25) is 5.88 Å². The van der Waals surface area contributed by atoms with Crippen LogP contribution in [0.1, 0.15) is 18.9 Å². The van der Waals surface area contributed by atoms with Gasteiger partial charge in [0.05, 0.1) is 5.69 Å². The smallest absolute Gasteiger partial charge is 0.344 e. The Kier molecular flexibility index (Phi) is 6.38. The summed E-state index contributed by atoms with van der Waals surface area (Å²) in [6.07, 6.45) is -0.891. The van der Waals surface area contributed by atoms with E-state index in [9.17, 15) is 15.2 Å². The Bertz CT molecular complexity index is 1090. The third-order valence-electron chi connectivity index (χ3n) is 4.29. The van der Waals surface area contributed by atoms with E-state index in [1.165, 1.54) is 0 Å². The van der Waals surface area contributed by atoms with Gasteiger partial charge in [-0.1, -0.05) is 60.5 Å². The van der Waals surface area contributed by atoms with Gasteiger partial charge in [-0.05, 0) is 36.2 Å². The van der Waals surface area contributed by atoms with Crippen LogP contribution in [0.2, 0.25) is 10.0 Å². The zero-order valence-electron chi connectivity index (χ0n) is 15.4. The Hall–Kier alpha value is -3.07. The molecule has 0 saturated carbocycles. The van der Waals surface area contributed by atoms with E-state index in [1.807, 2.05) is 24.3 Å². The molecule has 1 unspecified atom stereocenters. The fourth-order valence-electron chi connectivity index (χ4n) is 2.82. The molecule has 0 saturated heterocycles. The molecule has 2 aromatic carbocycles. The van der Waals surface area contributed by atoms with Gasteiger partial charge < -0.3 is 9.84 Å². The molecule has 0 aliphatic carbocycles. The molecule has 0 spiro atoms. The number of hydrogen-bond donors (Lipinski definition) is 1. The van der Waals surface area contributed by atoms with Crippen LogP contribution in [0.15, 0.2) is 54.6 Å². The van der Waals surface area contributed by atoms with Gasteiger partial charge >= 0.3 is 5.97 Å². The standard InChI is InChI=1S/C22H16Cl2N2O3/c1-2-19(22(27)28)29-21-14(12-25)11-17(13-7-9-15(23)10-8-13)20(26-21)16-5-3-4-6-18(16)24/h3-11,19H,2H2,1H3,(H,27,28). The zero-order valence-corrected chi connectivity index (χ0v) is 16.9. The van der Waals surface area contributed by atoms with Crippen LogP contribution in [-0.2, 0) is 4.79 Å². The average molecular weight is 427 g/mol. The molecule has 0 aliphatic heterocycles. The number of halogens is 2. The lowest BCUT2D eigenvalue weighted by Gasteiger charge is -2.17. The summed E-state index contributed by atoms with van der Waals surface area (Å²) in [5.74, 6) is -1.17. The molecule has 0 fully saturated rings. The van der Waals surface area contributed by atoms with Crippen molar-refractivity contribution in [1.29, 1.82) is 5.26 Å². The number of carboxylic acids is 1. The lowest BCUT2D eigenvalue weighted by molar-refractivity contribution is -0.145. The predicted molar refractivity (Wildman–Crippen MR) is 112 cm³/mol. The summed E-state index contributed by atoms with van der Waals surface area (Å²) in [5.41, 5.74) is 2.68. The second-order valence-electron chi connectivity index (χ2n) is 6.19. The highest BCUT2D eigenvalue weighted by atomic mass is 35.5. The Labute approximate surface area is 178 Å². The lowest BCUT2D eigenvalue weighted by atomic mass is 9.97. The van der Waals surface area contributed by atoms with Crippen LogP contribution in [0, 0.1) is 11.3 Å². The van der Waals surface area contributed by atoms with E-state index >= 15 is 0 Å². The van der Waals surface area contributed by atoms with Crippen molar-refractivity contribution in [3.63, 3.8) is 0 Å². The molecule has 3 rings (SSSR count). The normalized spacial score (nSPS) is 11.5. The molecule has 3 aromatic rings. The Morgan fingerprint density at radius 3 is 2.45 bits per heavy atom. The third-order valence-corrected chi connectivity index (χ3v) is 4.87. The molecule has 1 atom stereocenters. The van der Waals surface area contributed by atoms with Crippen LogP contribution >= 0.6 is 23.2 Å². The van der Waals surface area contributed by atoms with E-state index in [2.05, 4.69) is 4.98 Å². The largest absolute Gasteiger partial charge is 0.479 e. The van der Waals surface area contributed by atoms with E-state index in [4.69, 9.17) is 27.9 Å². The van der Waals surface area contributed by atoms with Crippen molar-refractivity contribution in [3.8, 4) is 34.3 Å². The number of aliphatic carboxylic acids is 1. The topological polar surface area (TPSA) is 83.2 Å². The maximum absolute atomic E-state index is 11.4. The molecule has 29 heavy (non-hydrogen) atoms. The number of ether oxygens (including phenoxy) is 1. The van der Waals surface area contributed by atoms with Crippen LogP contribution in [0.3, 0.4) is 0 Å². The van der Waals surface area contributed by atoms with Gasteiger partial charge in [-0.25, -0.2) is 9.78 Å². The fourth-order valence-corrected chi connectivity index (χ4v) is 3.17. The molecule has 7 heteroatoms. The van der Waals surface area contributed by atoms with Gasteiger partial charge in [-0.2, -0.15) is 5.26 Å². The van der Waals surface area contributed by atoms with E-state index in [-0.39, 0.29) is 17.9 Å². The number of pyridine rings is 1. The van der Waals surface area contributed by atoms with Gasteiger partial charge in [0.1, 0.15) is 11.6 Å². The molecule has 0 amide bonds. The maximum atomic E-state index is 11.4. The van der Waals surface area contributed by atoms with Gasteiger partial charge in [0.15, 0.2) is 6.10 Å². The van der Waals surface area contributed by atoms with Crippen LogP contribution in [0.4, 0.5) is 0 Å². The maximum Gasteiger partial charge on any atom is 0.344 e. The quantitative estimate of drug-likeness (QED) is 0.535. The van der Waals surface area contributed by atoms with Gasteiger partial charge in [0, 0.05) is 21.2 Å². The first-order valence-electron chi connectivity index (χ1n) is 8.80. The highest BCUT2D eigenvalue weighted by Crippen LogP contribution is 2.38. The number of nitrogens with zero attached hydrogens (tertiary/aromatic N) is 2. The first-order chi connectivity index (χ1) is 13.9. The van der Waals surface area contributed by atoms with Gasteiger partial charge in [0.25, 0.3) is 0 Å². The first-order valence-corrected chi connectivity index (χ1v) is 9.55. The Morgan fingerprint density at radius 2 is 1.86 bits per heavy atom. The molecule has 5 nitrogen and oxygen atoms in total. The molecule has 0 bridgehead atoms. The van der Waals surface area contributed by atoms with E-state index in [0.29, 0.717) is 26.9 Å². The number of hydrogen-bond acceptors (Lipinski definition) is 4. The highest BCUT2D eigenvalue weighted by Gasteiger charge is 2.23. The lowest BCUT2D eigenvalue weighted by Crippen LogP contribution is -2.26. The number of benzene rings is 2. The summed E-state index contributed by atoms with van der Waals surface area (Å²) >= 11 is 12.4. The van der Waals surface area contributed by atoms with Crippen molar-refractivity contribution in [3.05, 3.63) is 70.2 Å². The molecule has 1 aromatic heterocycles. The number of aromatic nitrogens is 1. The van der Waals surface area contributed by atoms with Gasteiger partial charge in [-0.3, -0.25) is 0 Å². The van der Waals surface area contributed by atoms with Crippen molar-refractivity contribution in [2.75, 3.05) is 0 Å². The summed E-state index contributed by atoms with van der Waals surface area (Å²) < 4.78 is 5.56. The second-order valence-corrected chi connectivity index (χ2v) is 7.03. The minimum absolute atomic E-state index is 0.0469. The molecule has 0 aliphatic rings. The van der Waals surface area contributed by atoms with Gasteiger partial charge in [-0.15, -0.1) is 0 Å². The number of rotatable bonds is 6.